The van der Waals surface area contributed by atoms with Crippen LogP contribution in [0.3, 0.4) is 0 Å². The number of carbonyl (C=O) groups is 2. The maximum absolute atomic E-state index is 11.4. The summed E-state index contributed by atoms with van der Waals surface area (Å²) in [5, 5.41) is 20.7. The number of H-pyrrole nitrogens is 2. The van der Waals surface area contributed by atoms with Crippen LogP contribution in [0.15, 0.2) is 56.2 Å². The molecule has 1 atom stereocenters. The van der Waals surface area contributed by atoms with Gasteiger partial charge in [0.1, 0.15) is 0 Å². The van der Waals surface area contributed by atoms with Crippen LogP contribution in [0.5, 0.6) is 0 Å². The van der Waals surface area contributed by atoms with Gasteiger partial charge in [0, 0.05) is 41.3 Å². The third kappa shape index (κ3) is 4.98. The summed E-state index contributed by atoms with van der Waals surface area (Å²) in [6.45, 7) is 8.15. The average molecular weight is 513 g/mol. The number of carboxylic acids is 2. The van der Waals surface area contributed by atoms with E-state index in [0.29, 0.717) is 25.0 Å². The molecule has 3 aliphatic heterocycles. The molecular weight excluding hydrogens is 480 g/mol. The smallest absolute Gasteiger partial charge is 0.303 e. The summed E-state index contributed by atoms with van der Waals surface area (Å²) in [6.07, 6.45) is 7.42. The summed E-state index contributed by atoms with van der Waals surface area (Å²) in [4.78, 5) is 39.9. The third-order valence-corrected chi connectivity index (χ3v) is 7.63. The first-order valence-corrected chi connectivity index (χ1v) is 12.9. The van der Waals surface area contributed by atoms with Crippen LogP contribution in [0.25, 0.3) is 12.2 Å². The summed E-state index contributed by atoms with van der Waals surface area (Å²) >= 11 is 0. The third-order valence-electron chi connectivity index (χ3n) is 7.63. The molecule has 196 valence electrons. The lowest BCUT2D eigenvalue weighted by molar-refractivity contribution is -0.137. The lowest BCUT2D eigenvalue weighted by Gasteiger charge is -2.10. The molecule has 38 heavy (non-hydrogen) atoms. The summed E-state index contributed by atoms with van der Waals surface area (Å²) in [5.74, 6) is -1.72. The van der Waals surface area contributed by atoms with E-state index in [-0.39, 0.29) is 18.9 Å². The Labute approximate surface area is 220 Å². The highest BCUT2D eigenvalue weighted by molar-refractivity contribution is 6.23. The summed E-state index contributed by atoms with van der Waals surface area (Å²) in [7, 11) is 0. The van der Waals surface area contributed by atoms with Gasteiger partial charge in [0.2, 0.25) is 0 Å². The van der Waals surface area contributed by atoms with Crippen molar-refractivity contribution in [1.29, 1.82) is 0 Å². The number of allylic oxidation sites excluding steroid dienone is 4. The maximum Gasteiger partial charge on any atom is 0.303 e. The fourth-order valence-electron chi connectivity index (χ4n) is 5.43. The van der Waals surface area contributed by atoms with Crippen molar-refractivity contribution in [2.24, 2.45) is 9.98 Å². The van der Waals surface area contributed by atoms with E-state index in [1.807, 2.05) is 26.0 Å². The zero-order chi connectivity index (χ0) is 27.1. The van der Waals surface area contributed by atoms with Gasteiger partial charge in [0.15, 0.2) is 0 Å². The van der Waals surface area contributed by atoms with Crippen molar-refractivity contribution in [2.45, 2.75) is 65.8 Å². The minimum atomic E-state index is -0.864. The number of aromatic nitrogens is 2. The van der Waals surface area contributed by atoms with E-state index in [4.69, 9.17) is 9.98 Å². The van der Waals surface area contributed by atoms with Crippen LogP contribution in [0.2, 0.25) is 0 Å². The minimum Gasteiger partial charge on any atom is -0.481 e. The molecule has 4 N–H and O–H groups in total. The van der Waals surface area contributed by atoms with Gasteiger partial charge in [-0.1, -0.05) is 0 Å². The second-order valence-electron chi connectivity index (χ2n) is 10.3. The predicted molar refractivity (Wildman–Crippen MR) is 148 cm³/mol. The molecule has 1 unspecified atom stereocenters. The van der Waals surface area contributed by atoms with Gasteiger partial charge in [-0.2, -0.15) is 0 Å². The van der Waals surface area contributed by atoms with Crippen molar-refractivity contribution in [3.63, 3.8) is 0 Å². The minimum absolute atomic E-state index is 0.00240. The molecule has 0 saturated carbocycles. The second-order valence-corrected chi connectivity index (χ2v) is 10.3. The van der Waals surface area contributed by atoms with Gasteiger partial charge in [0.05, 0.1) is 23.2 Å². The molecule has 0 saturated heterocycles. The topological polar surface area (TPSA) is 131 Å². The van der Waals surface area contributed by atoms with Gasteiger partial charge in [-0.05, 0) is 104 Å². The van der Waals surface area contributed by atoms with Crippen LogP contribution in [-0.2, 0) is 16.0 Å². The van der Waals surface area contributed by atoms with E-state index in [2.05, 4.69) is 42.0 Å². The Morgan fingerprint density at radius 1 is 0.895 bits per heavy atom. The fourth-order valence-corrected chi connectivity index (χ4v) is 5.43. The lowest BCUT2D eigenvalue weighted by atomic mass is 9.95. The number of aliphatic carboxylic acids is 2. The number of hydrogen-bond acceptors (Lipinski definition) is 4. The van der Waals surface area contributed by atoms with Crippen LogP contribution in [0.1, 0.15) is 62.0 Å². The zero-order valence-corrected chi connectivity index (χ0v) is 22.1. The van der Waals surface area contributed by atoms with E-state index >= 15 is 0 Å². The molecule has 2 aromatic rings. The maximum atomic E-state index is 11.4. The van der Waals surface area contributed by atoms with Crippen molar-refractivity contribution >= 4 is 35.5 Å². The molecule has 5 heterocycles. The molecule has 5 rings (SSSR count). The van der Waals surface area contributed by atoms with E-state index in [1.165, 1.54) is 0 Å². The molecule has 0 amide bonds. The summed E-state index contributed by atoms with van der Waals surface area (Å²) in [6, 6.07) is 4.10. The molecule has 0 spiro atoms. The Morgan fingerprint density at radius 3 is 2.32 bits per heavy atom. The predicted octanol–water partition coefficient (Wildman–Crippen LogP) is 3.65. The number of nitrogens with zero attached hydrogens (tertiary/aromatic N) is 2. The molecule has 3 aliphatic rings. The first-order valence-electron chi connectivity index (χ1n) is 12.9. The number of rotatable bonds is 6. The van der Waals surface area contributed by atoms with E-state index in [9.17, 15) is 19.8 Å². The summed E-state index contributed by atoms with van der Waals surface area (Å²) in [5.41, 5.74) is 10.4. The Bertz CT molecular complexity index is 1640. The van der Waals surface area contributed by atoms with E-state index in [1.54, 1.807) is 0 Å². The van der Waals surface area contributed by atoms with Crippen molar-refractivity contribution in [3.8, 4) is 0 Å². The van der Waals surface area contributed by atoms with Crippen LogP contribution in [-0.4, -0.2) is 49.6 Å². The molecule has 0 aliphatic carbocycles. The van der Waals surface area contributed by atoms with Crippen LogP contribution >= 0.6 is 0 Å². The van der Waals surface area contributed by atoms with Crippen LogP contribution < -0.4 is 10.7 Å². The highest BCUT2D eigenvalue weighted by Crippen LogP contribution is 2.34. The normalized spacial score (nSPS) is 21.8. The molecule has 8 nitrogen and oxygen atoms in total. The Balaban J connectivity index is 1.71. The average Bonchev–Trinajstić information content (AvgIpc) is 3.53. The largest absolute Gasteiger partial charge is 0.481 e. The van der Waals surface area contributed by atoms with Crippen molar-refractivity contribution in [1.82, 2.24) is 9.97 Å². The molecule has 0 aromatic carbocycles. The van der Waals surface area contributed by atoms with E-state index < -0.39 is 11.9 Å². The molecule has 2 aromatic heterocycles. The number of nitrogens with one attached hydrogen (secondary N) is 2. The Morgan fingerprint density at radius 2 is 1.61 bits per heavy atom. The highest BCUT2D eigenvalue weighted by atomic mass is 16.4. The summed E-state index contributed by atoms with van der Waals surface area (Å²) < 4.78 is 0. The van der Waals surface area contributed by atoms with Gasteiger partial charge >= 0.3 is 11.9 Å². The van der Waals surface area contributed by atoms with Gasteiger partial charge in [-0.3, -0.25) is 14.6 Å². The molecular formula is C30H32N4O4. The standard InChI is InChI=1S/C30H32N4O4/c1-15-9-20-12-25-17(3)21(5-7-29(35)36)27(33-25)14-28-22(6-8-30(37)38)18(4)26(34-28)13-24-16(2)10-19(32-24)11-23(15)31-20/h9-12,14,26,31-32H,5-8,13H2,1-4H3,(H,35,36)(H,37,38)/b20-12-,23-11-,27-14-. The van der Waals surface area contributed by atoms with Gasteiger partial charge in [0.25, 0.3) is 0 Å². The SMILES string of the molecule is CC1=C(CCC(=O)O)/C2=C/C3=NC(Cc4[nH]c(cc4C)/C=c4\[nH]/c(cc4C)=C\C1=N2)C(C)=C3CCC(=O)O. The molecule has 0 radical (unpaired) electrons. The first kappa shape index (κ1) is 25.4. The van der Waals surface area contributed by atoms with Gasteiger partial charge in [-0.15, -0.1) is 0 Å². The van der Waals surface area contributed by atoms with Gasteiger partial charge in [-0.25, -0.2) is 4.99 Å². The van der Waals surface area contributed by atoms with Crippen molar-refractivity contribution < 1.29 is 19.8 Å². The Hall–Kier alpha value is -4.20. The Kier molecular flexibility index (Phi) is 6.65. The van der Waals surface area contributed by atoms with Gasteiger partial charge < -0.3 is 20.2 Å². The quantitative estimate of drug-likeness (QED) is 0.471. The second kappa shape index (κ2) is 9.93. The molecule has 8 bridgehead atoms. The lowest BCUT2D eigenvalue weighted by Crippen LogP contribution is -2.13. The number of fused-ring (bicyclic) bond motifs is 6. The van der Waals surface area contributed by atoms with Crippen molar-refractivity contribution in [2.75, 3.05) is 0 Å². The monoisotopic (exact) mass is 512 g/mol. The molecule has 0 fully saturated rings. The number of aryl methyl sites for hydroxylation is 2. The zero-order valence-electron chi connectivity index (χ0n) is 22.1. The van der Waals surface area contributed by atoms with E-state index in [0.717, 1.165) is 66.9 Å². The first-order chi connectivity index (χ1) is 18.1. The van der Waals surface area contributed by atoms with Crippen LogP contribution in [0, 0.1) is 13.8 Å². The molecule has 8 heteroatoms. The van der Waals surface area contributed by atoms with Crippen LogP contribution in [0.4, 0.5) is 0 Å². The number of hydrogen-bond donors (Lipinski definition) is 4. The van der Waals surface area contributed by atoms with Crippen molar-refractivity contribution in [3.05, 3.63) is 79.4 Å². The fraction of sp³-hybridized carbons (Fsp3) is 0.333. The highest BCUT2D eigenvalue weighted by Gasteiger charge is 2.28. The number of carboxylic acid groups (broad SMARTS) is 2. The number of aliphatic imine (C=N–C) groups is 2. The number of aromatic amines is 2.